The Bertz CT molecular complexity index is 1960. The largest absolute Gasteiger partial charge is 1.00 e. The van der Waals surface area contributed by atoms with E-state index in [1.807, 2.05) is 0 Å². The molecule has 1 aromatic heterocycles. The first kappa shape index (κ1) is 56.3. The van der Waals surface area contributed by atoms with Gasteiger partial charge in [-0.2, -0.15) is 16.7 Å². The number of carbonyl (C=O) groups is 6. The Morgan fingerprint density at radius 2 is 1.80 bits per heavy atom. The maximum absolute atomic E-state index is 13.1. The molecule has 0 aromatic carbocycles. The number of thioether (sulfide) groups is 1. The first-order chi connectivity index (χ1) is 30.1. The molecule has 0 radical (unpaired) electrons. The maximum Gasteiger partial charge on any atom is 1.00 e. The molecule has 4 heterocycles. The molecule has 65 heavy (non-hydrogen) atoms. The number of anilines is 1. The molecule has 12 atom stereocenters. The van der Waals surface area contributed by atoms with Crippen LogP contribution < -0.4 is 56.7 Å². The first-order valence-corrected chi connectivity index (χ1v) is 22.5. The van der Waals surface area contributed by atoms with Gasteiger partial charge in [0.15, 0.2) is 12.0 Å². The monoisotopic (exact) mass is 978 g/mol. The molecule has 4 rings (SSSR count). The van der Waals surface area contributed by atoms with Crippen molar-refractivity contribution in [3.05, 3.63) is 22.7 Å². The molecule has 1 aromatic rings. The molecule has 30 heteroatoms. The zero-order valence-electron chi connectivity index (χ0n) is 35.2. The van der Waals surface area contributed by atoms with Crippen LogP contribution in [-0.2, 0) is 56.6 Å². The van der Waals surface area contributed by atoms with E-state index in [1.165, 1.54) is 17.8 Å². The summed E-state index contributed by atoms with van der Waals surface area (Å²) < 4.78 is 39.6. The number of aromatic nitrogens is 2. The zero-order valence-corrected chi connectivity index (χ0v) is 39.0. The molecule has 27 nitrogen and oxygen atoms in total. The van der Waals surface area contributed by atoms with Crippen molar-refractivity contribution in [3.63, 3.8) is 0 Å². The number of hydrogen-bond acceptors (Lipinski definition) is 23. The number of hydrogen-bond donors (Lipinski definition) is 10. The van der Waals surface area contributed by atoms with E-state index >= 15 is 0 Å². The van der Waals surface area contributed by atoms with Crippen molar-refractivity contribution in [2.45, 2.75) is 98.5 Å². The Kier molecular flexibility index (Phi) is 22.0. The van der Waals surface area contributed by atoms with E-state index in [1.54, 1.807) is 6.26 Å². The van der Waals surface area contributed by atoms with Crippen LogP contribution in [0.1, 0.15) is 44.8 Å². The van der Waals surface area contributed by atoms with Crippen LogP contribution in [0.3, 0.4) is 0 Å². The quantitative estimate of drug-likeness (QED) is 0.0188. The van der Waals surface area contributed by atoms with Crippen LogP contribution in [0.15, 0.2) is 17.1 Å². The van der Waals surface area contributed by atoms with E-state index in [-0.39, 0.29) is 98.7 Å². The molecule has 360 valence electrons. The number of amides is 4. The molecular weight excluding hydrogens is 926 g/mol. The van der Waals surface area contributed by atoms with Crippen molar-refractivity contribution >= 4 is 60.8 Å². The summed E-state index contributed by atoms with van der Waals surface area (Å²) in [5.74, 6) is -10.1. The van der Waals surface area contributed by atoms with Crippen LogP contribution in [0.2, 0.25) is 0 Å². The second kappa shape index (κ2) is 25.4. The third-order valence-corrected chi connectivity index (χ3v) is 12.3. The van der Waals surface area contributed by atoms with Gasteiger partial charge in [-0.1, -0.05) is 0 Å². The standard InChI is InChI=1S/C35H53N6O21PS.Na/c1-64-22-12-26(48)40(31(22)52)8-4-24(46)37-6-2-9-58-10-5-25(47)38-14-17(43)11-18-19(44)13-35(33(53)54,61-30(18)27(49)20(45)15-42)62-63(56,57)59-16-21-28(50)29(51)32(60-21)41-7-3-23(36)39-34(41)55;/h3,7,18-22,27-30,32,42,44-45,49-51H,2,4-6,8-16H2,1H3,(H,37,46)(H,38,47)(H,53,54)(H,56,57)(H2,36,39,55);/q;+1/p-1/t18?,19?,20-,21-,22?,27?,28+,29?,30?,32-,35?;/m1./s1. The van der Waals surface area contributed by atoms with Gasteiger partial charge in [-0.15, -0.1) is 0 Å². The van der Waals surface area contributed by atoms with Gasteiger partial charge in [-0.3, -0.25) is 38.0 Å². The minimum absolute atomic E-state index is 0. The fraction of sp³-hybridized carbons (Fsp3) is 0.714. The maximum atomic E-state index is 13.1. The number of nitrogen functional groups attached to an aromatic ring is 1. The number of nitrogens with two attached hydrogens (primary N) is 1. The second-order valence-corrected chi connectivity index (χ2v) is 17.3. The Morgan fingerprint density at radius 3 is 2.43 bits per heavy atom. The molecule has 0 saturated carbocycles. The van der Waals surface area contributed by atoms with Crippen LogP contribution in [0.4, 0.5) is 5.82 Å². The number of carboxylic acids is 1. The van der Waals surface area contributed by atoms with Gasteiger partial charge in [-0.25, -0.2) is 13.9 Å². The summed E-state index contributed by atoms with van der Waals surface area (Å²) in [5.41, 5.74) is 4.46. The summed E-state index contributed by atoms with van der Waals surface area (Å²) in [6.07, 6.45) is -14.4. The number of Topliss-reactive ketones (excluding diaryl/α,β-unsaturated/α-hetero) is 1. The zero-order chi connectivity index (χ0) is 47.5. The average Bonchev–Trinajstić information content (AvgIpc) is 3.68. The number of imide groups is 1. The molecule has 0 spiro atoms. The van der Waals surface area contributed by atoms with Gasteiger partial charge in [0, 0.05) is 63.9 Å². The Labute approximate surface area is 396 Å². The second-order valence-electron chi connectivity index (χ2n) is 14.9. The van der Waals surface area contributed by atoms with Crippen molar-refractivity contribution < 1.29 is 127 Å². The van der Waals surface area contributed by atoms with Crippen LogP contribution in [0.5, 0.6) is 0 Å². The smallest absolute Gasteiger partial charge is 0.544 e. The number of phosphoric acid groups is 1. The number of likely N-dealkylation sites (tertiary alicyclic amines) is 1. The summed E-state index contributed by atoms with van der Waals surface area (Å²) in [5, 5.41) is 79.5. The topological polar surface area (TPSA) is 419 Å². The summed E-state index contributed by atoms with van der Waals surface area (Å²) in [7, 11) is -5.69. The average molecular weight is 979 g/mol. The molecule has 3 aliphatic rings. The Morgan fingerprint density at radius 1 is 1.11 bits per heavy atom. The van der Waals surface area contributed by atoms with Crippen molar-refractivity contribution in [3.8, 4) is 0 Å². The Balaban J connectivity index is 0.0000112. The van der Waals surface area contributed by atoms with Gasteiger partial charge >= 0.3 is 43.1 Å². The molecule has 0 bridgehead atoms. The van der Waals surface area contributed by atoms with Gasteiger partial charge in [-0.05, 0) is 18.7 Å². The minimum atomic E-state index is -5.69. The number of carbonyl (C=O) groups excluding carboxylic acids is 6. The van der Waals surface area contributed by atoms with Crippen molar-refractivity contribution in [1.82, 2.24) is 25.1 Å². The SMILES string of the molecule is CSC1CC(=O)N(CCC(=O)NCCCOCCC(=O)NCC(=O)CC2C(O)CC(OP(=O)(O)OC[C@H]3O[C@@H](n4ccc(N)nc4=O)C(O)[C@H]3O)(C(=O)[O-])OC2C(O)[C@H](O)CO)C1=O.[Na+]. The van der Waals surface area contributed by atoms with Crippen molar-refractivity contribution in [1.29, 1.82) is 0 Å². The summed E-state index contributed by atoms with van der Waals surface area (Å²) in [6.45, 7) is -2.66. The molecule has 0 aliphatic carbocycles. The van der Waals surface area contributed by atoms with Gasteiger partial charge in [0.25, 0.3) is 0 Å². The fourth-order valence-electron chi connectivity index (χ4n) is 6.89. The Hall–Kier alpha value is -3.00. The number of aliphatic carboxylic acids is 1. The molecule has 8 unspecified atom stereocenters. The molecular formula is C35H52N6NaO21PS. The predicted octanol–water partition coefficient (Wildman–Crippen LogP) is -9.62. The summed E-state index contributed by atoms with van der Waals surface area (Å²) in [4.78, 5) is 101. The van der Waals surface area contributed by atoms with E-state index in [4.69, 9.17) is 29.0 Å². The molecule has 11 N–H and O–H groups in total. The van der Waals surface area contributed by atoms with Crippen LogP contribution in [-0.4, -0.2) is 191 Å². The van der Waals surface area contributed by atoms with E-state index in [0.29, 0.717) is 6.42 Å². The third-order valence-electron chi connectivity index (χ3n) is 10.3. The van der Waals surface area contributed by atoms with Gasteiger partial charge in [0.1, 0.15) is 42.3 Å². The normalized spacial score (nSPS) is 28.5. The van der Waals surface area contributed by atoms with Gasteiger partial charge in [0.2, 0.25) is 29.4 Å². The van der Waals surface area contributed by atoms with Crippen LogP contribution in [0, 0.1) is 5.92 Å². The molecule has 4 amide bonds. The van der Waals surface area contributed by atoms with Crippen molar-refractivity contribution in [2.75, 3.05) is 58.1 Å². The van der Waals surface area contributed by atoms with Crippen LogP contribution in [0.25, 0.3) is 0 Å². The number of ketones is 1. The van der Waals surface area contributed by atoms with E-state index in [2.05, 4.69) is 15.6 Å². The summed E-state index contributed by atoms with van der Waals surface area (Å²) in [6, 6.07) is 1.18. The molecule has 3 saturated heterocycles. The van der Waals surface area contributed by atoms with Crippen molar-refractivity contribution in [2.24, 2.45) is 5.92 Å². The van der Waals surface area contributed by atoms with E-state index < -0.39 is 130 Å². The van der Waals surface area contributed by atoms with Crippen LogP contribution >= 0.6 is 19.6 Å². The van der Waals surface area contributed by atoms with Gasteiger partial charge < -0.3 is 76.0 Å². The summed E-state index contributed by atoms with van der Waals surface area (Å²) >= 11 is 1.27. The van der Waals surface area contributed by atoms with E-state index in [0.717, 1.165) is 15.7 Å². The molecule has 3 aliphatic heterocycles. The molecule has 3 fully saturated rings. The number of aliphatic hydroxyl groups excluding tert-OH is 6. The number of nitrogens with one attached hydrogen (secondary N) is 2. The van der Waals surface area contributed by atoms with E-state index in [9.17, 15) is 78.8 Å². The minimum Gasteiger partial charge on any atom is -0.544 e. The number of nitrogens with zero attached hydrogens (tertiary/aromatic N) is 3. The predicted molar refractivity (Wildman–Crippen MR) is 210 cm³/mol. The fourth-order valence-corrected chi connectivity index (χ4v) is 8.48. The third kappa shape index (κ3) is 15.2. The first-order valence-electron chi connectivity index (χ1n) is 19.7. The van der Waals surface area contributed by atoms with Gasteiger partial charge in [0.05, 0.1) is 43.8 Å². The number of carboxylic acid groups (broad SMARTS) is 1. The number of rotatable bonds is 25. The number of ether oxygens (including phenoxy) is 3. The number of aliphatic hydroxyl groups is 6. The number of phosphoric ester groups is 1.